The Kier molecular flexibility index (Phi) is 4.02. The van der Waals surface area contributed by atoms with Crippen LogP contribution in [0.25, 0.3) is 0 Å². The summed E-state index contributed by atoms with van der Waals surface area (Å²) in [5, 5.41) is 0.944. The third-order valence-electron chi connectivity index (χ3n) is 1.61. The monoisotopic (exact) mass is 288 g/mol. The summed E-state index contributed by atoms with van der Waals surface area (Å²) < 4.78 is -1.43. The normalized spacial score (nSPS) is 11.5. The number of hydrogen-bond acceptors (Lipinski definition) is 0. The predicted molar refractivity (Wildman–Crippen MR) is 64.8 cm³/mol. The number of rotatable bonds is 2. The molecule has 0 spiro atoms. The maximum Gasteiger partial charge on any atom is 0.179 e. The second kappa shape index (κ2) is 4.51. The average molecular weight is 290 g/mol. The van der Waals surface area contributed by atoms with Crippen molar-refractivity contribution in [3.05, 3.63) is 45.4 Å². The smallest absolute Gasteiger partial charge is 0.0899 e. The van der Waals surface area contributed by atoms with Crippen molar-refractivity contribution in [3.63, 3.8) is 0 Å². The van der Waals surface area contributed by atoms with Crippen molar-refractivity contribution in [2.24, 2.45) is 0 Å². The molecular formula is C9H5Cl5. The number of allylic oxidation sites excluding steroid dienone is 1. The Hall–Kier alpha value is 0.410. The first-order chi connectivity index (χ1) is 6.35. The van der Waals surface area contributed by atoms with E-state index < -0.39 is 4.33 Å². The highest BCUT2D eigenvalue weighted by Gasteiger charge is 2.31. The summed E-state index contributed by atoms with van der Waals surface area (Å²) in [6, 6.07) is 4.78. The summed E-state index contributed by atoms with van der Waals surface area (Å²) in [7, 11) is 0. The molecule has 0 fully saturated rings. The van der Waals surface area contributed by atoms with Gasteiger partial charge in [-0.2, -0.15) is 0 Å². The van der Waals surface area contributed by atoms with Crippen LogP contribution in [0.4, 0.5) is 0 Å². The van der Waals surface area contributed by atoms with Crippen LogP contribution in [0.2, 0.25) is 10.0 Å². The molecule has 0 saturated carbocycles. The number of halogens is 5. The van der Waals surface area contributed by atoms with Gasteiger partial charge in [0.05, 0.1) is 5.03 Å². The van der Waals surface area contributed by atoms with Crippen LogP contribution in [-0.2, 0) is 4.33 Å². The minimum atomic E-state index is -1.43. The van der Waals surface area contributed by atoms with E-state index in [0.717, 1.165) is 0 Å². The molecule has 1 rings (SSSR count). The van der Waals surface area contributed by atoms with Crippen LogP contribution in [0, 0.1) is 0 Å². The summed E-state index contributed by atoms with van der Waals surface area (Å²) in [5.74, 6) is 0. The van der Waals surface area contributed by atoms with E-state index in [-0.39, 0.29) is 5.03 Å². The van der Waals surface area contributed by atoms with E-state index in [0.29, 0.717) is 15.6 Å². The van der Waals surface area contributed by atoms with Crippen molar-refractivity contribution in [1.29, 1.82) is 0 Å². The molecule has 1 aromatic carbocycles. The summed E-state index contributed by atoms with van der Waals surface area (Å²) in [6.07, 6.45) is 0. The van der Waals surface area contributed by atoms with Gasteiger partial charge in [0, 0.05) is 15.6 Å². The molecule has 1 aromatic rings. The molecule has 0 saturated heterocycles. The molecule has 0 aliphatic heterocycles. The van der Waals surface area contributed by atoms with Gasteiger partial charge >= 0.3 is 0 Å². The fourth-order valence-corrected chi connectivity index (χ4v) is 1.83. The molecule has 0 N–H and O–H groups in total. The lowest BCUT2D eigenvalue weighted by atomic mass is 10.1. The minimum Gasteiger partial charge on any atom is -0.0899 e. The van der Waals surface area contributed by atoms with Crippen molar-refractivity contribution in [1.82, 2.24) is 0 Å². The zero-order valence-corrected chi connectivity index (χ0v) is 10.6. The highest BCUT2D eigenvalue weighted by Crippen LogP contribution is 2.45. The Morgan fingerprint density at radius 3 is 2.29 bits per heavy atom. The van der Waals surface area contributed by atoms with Gasteiger partial charge in [-0.3, -0.25) is 0 Å². The van der Waals surface area contributed by atoms with Crippen LogP contribution in [0.3, 0.4) is 0 Å². The molecule has 0 nitrogen and oxygen atoms in total. The lowest BCUT2D eigenvalue weighted by molar-refractivity contribution is 1.08. The van der Waals surface area contributed by atoms with Crippen LogP contribution in [-0.4, -0.2) is 0 Å². The topological polar surface area (TPSA) is 0 Å². The molecule has 0 aromatic heterocycles. The van der Waals surface area contributed by atoms with E-state index in [4.69, 9.17) is 58.0 Å². The molecule has 0 atom stereocenters. The molecular weight excluding hydrogens is 285 g/mol. The van der Waals surface area contributed by atoms with Gasteiger partial charge in [-0.25, -0.2) is 0 Å². The zero-order chi connectivity index (χ0) is 10.9. The maximum absolute atomic E-state index is 5.96. The van der Waals surface area contributed by atoms with Gasteiger partial charge in [0.2, 0.25) is 0 Å². The van der Waals surface area contributed by atoms with Gasteiger partial charge in [-0.15, -0.1) is 0 Å². The first kappa shape index (κ1) is 12.5. The van der Waals surface area contributed by atoms with Crippen molar-refractivity contribution in [2.75, 3.05) is 0 Å². The molecule has 0 aliphatic rings. The third kappa shape index (κ3) is 2.50. The van der Waals surface area contributed by atoms with E-state index in [1.807, 2.05) is 0 Å². The summed E-state index contributed by atoms with van der Waals surface area (Å²) in [4.78, 5) is 0. The highest BCUT2D eigenvalue weighted by atomic mass is 35.5. The lowest BCUT2D eigenvalue weighted by Crippen LogP contribution is -2.10. The lowest BCUT2D eigenvalue weighted by Gasteiger charge is -2.20. The van der Waals surface area contributed by atoms with Crippen molar-refractivity contribution in [3.8, 4) is 0 Å². The fourth-order valence-electron chi connectivity index (χ4n) is 0.884. The minimum absolute atomic E-state index is 0.0741. The SMILES string of the molecule is C=C(Cl)C(Cl)(Cl)c1cc(Cl)ccc1Cl. The summed E-state index contributed by atoms with van der Waals surface area (Å²) >= 11 is 29.3. The number of hydrogen-bond donors (Lipinski definition) is 0. The van der Waals surface area contributed by atoms with Crippen molar-refractivity contribution in [2.45, 2.75) is 4.33 Å². The Balaban J connectivity index is 3.31. The Labute approximate surface area is 107 Å². The molecule has 14 heavy (non-hydrogen) atoms. The summed E-state index contributed by atoms with van der Waals surface area (Å²) in [6.45, 7) is 3.47. The Bertz CT molecular complexity index is 369. The van der Waals surface area contributed by atoms with Crippen molar-refractivity contribution < 1.29 is 0 Å². The van der Waals surface area contributed by atoms with E-state index in [9.17, 15) is 0 Å². The standard InChI is InChI=1S/C9H5Cl5/c1-5(10)9(13,14)7-4-6(11)2-3-8(7)12/h2-4H,1H2. The second-order valence-electron chi connectivity index (χ2n) is 2.60. The third-order valence-corrected chi connectivity index (χ3v) is 3.51. The van der Waals surface area contributed by atoms with E-state index >= 15 is 0 Å². The van der Waals surface area contributed by atoms with Gasteiger partial charge < -0.3 is 0 Å². The average Bonchev–Trinajstić information content (AvgIpc) is 2.08. The number of benzene rings is 1. The predicted octanol–water partition coefficient (Wildman–Crippen LogP) is 5.38. The molecule has 0 heterocycles. The highest BCUT2D eigenvalue weighted by molar-refractivity contribution is 6.56. The first-order valence-electron chi connectivity index (χ1n) is 3.54. The largest absolute Gasteiger partial charge is 0.179 e. The summed E-state index contributed by atoms with van der Waals surface area (Å²) in [5.41, 5.74) is 0.426. The molecule has 0 amide bonds. The van der Waals surface area contributed by atoms with Gasteiger partial charge in [-0.1, -0.05) is 64.6 Å². The number of alkyl halides is 2. The van der Waals surface area contributed by atoms with E-state index in [1.54, 1.807) is 18.2 Å². The second-order valence-corrected chi connectivity index (χ2v) is 5.23. The van der Waals surface area contributed by atoms with Crippen molar-refractivity contribution >= 4 is 58.0 Å². The van der Waals surface area contributed by atoms with Crippen LogP contribution in [0.5, 0.6) is 0 Å². The molecule has 0 bridgehead atoms. The fraction of sp³-hybridized carbons (Fsp3) is 0.111. The molecule has 0 aliphatic carbocycles. The van der Waals surface area contributed by atoms with Crippen LogP contribution in [0.1, 0.15) is 5.56 Å². The van der Waals surface area contributed by atoms with Crippen LogP contribution in [0.15, 0.2) is 29.8 Å². The molecule has 76 valence electrons. The van der Waals surface area contributed by atoms with Crippen LogP contribution < -0.4 is 0 Å². The van der Waals surface area contributed by atoms with Gasteiger partial charge in [0.1, 0.15) is 0 Å². The Morgan fingerprint density at radius 2 is 1.79 bits per heavy atom. The molecule has 0 unspecified atom stereocenters. The van der Waals surface area contributed by atoms with Gasteiger partial charge in [0.25, 0.3) is 0 Å². The zero-order valence-electron chi connectivity index (χ0n) is 6.83. The maximum atomic E-state index is 5.96. The quantitative estimate of drug-likeness (QED) is 0.642. The van der Waals surface area contributed by atoms with E-state index in [1.165, 1.54) is 0 Å². The Morgan fingerprint density at radius 1 is 1.21 bits per heavy atom. The molecule has 0 radical (unpaired) electrons. The first-order valence-corrected chi connectivity index (χ1v) is 5.43. The van der Waals surface area contributed by atoms with Gasteiger partial charge in [-0.05, 0) is 18.2 Å². The van der Waals surface area contributed by atoms with Gasteiger partial charge in [0.15, 0.2) is 4.33 Å². The molecule has 5 heteroatoms. The van der Waals surface area contributed by atoms with Crippen LogP contribution >= 0.6 is 58.0 Å². The van der Waals surface area contributed by atoms with E-state index in [2.05, 4.69) is 6.58 Å².